The molecule has 128 valence electrons. The van der Waals surface area contributed by atoms with Crippen molar-refractivity contribution in [3.8, 4) is 11.1 Å². The van der Waals surface area contributed by atoms with Gasteiger partial charge in [-0.2, -0.15) is 0 Å². The molecule has 0 aliphatic rings. The van der Waals surface area contributed by atoms with E-state index in [2.05, 4.69) is 96.5 Å². The van der Waals surface area contributed by atoms with Crippen molar-refractivity contribution in [2.45, 2.75) is 0 Å². The Morgan fingerprint density at radius 1 is 0.667 bits per heavy atom. The third-order valence-electron chi connectivity index (χ3n) is 5.60. The first kappa shape index (κ1) is 15.0. The molecular weight excluding hydrogens is 346 g/mol. The minimum atomic E-state index is 1.28. The molecule has 0 bridgehead atoms. The van der Waals surface area contributed by atoms with Gasteiger partial charge in [-0.25, -0.2) is 0 Å². The van der Waals surface area contributed by atoms with Gasteiger partial charge in [0.1, 0.15) is 0 Å². The largest absolute Gasteiger partial charge is 0.343 e. The van der Waals surface area contributed by atoms with Gasteiger partial charge >= 0.3 is 0 Å². The summed E-state index contributed by atoms with van der Waals surface area (Å²) in [6.45, 7) is 0. The number of aromatic nitrogens is 1. The molecule has 6 rings (SSSR count). The quantitative estimate of drug-likeness (QED) is 0.287. The maximum Gasteiger partial charge on any atom is 0.0589 e. The molecule has 0 unspecified atom stereocenters. The highest BCUT2D eigenvalue weighted by Gasteiger charge is 2.19. The zero-order valence-corrected chi connectivity index (χ0v) is 15.8. The lowest BCUT2D eigenvalue weighted by Gasteiger charge is -2.08. The van der Waals surface area contributed by atoms with E-state index in [1.54, 1.807) is 0 Å². The molecule has 0 saturated carbocycles. The predicted octanol–water partition coefficient (Wildman–Crippen LogP) is 7.37. The van der Waals surface area contributed by atoms with Crippen molar-refractivity contribution in [2.24, 2.45) is 7.05 Å². The number of fused-ring (bicyclic) bond motifs is 7. The smallest absolute Gasteiger partial charge is 0.0589 e. The lowest BCUT2D eigenvalue weighted by atomic mass is 9.97. The van der Waals surface area contributed by atoms with Crippen LogP contribution in [0.3, 0.4) is 0 Å². The van der Waals surface area contributed by atoms with Gasteiger partial charge in [-0.3, -0.25) is 0 Å². The molecule has 2 heteroatoms. The summed E-state index contributed by atoms with van der Waals surface area (Å²) in [5, 5.41) is 5.42. The van der Waals surface area contributed by atoms with Gasteiger partial charge in [0, 0.05) is 43.5 Å². The number of para-hydroxylation sites is 1. The van der Waals surface area contributed by atoms with Crippen molar-refractivity contribution in [1.82, 2.24) is 4.57 Å². The lowest BCUT2D eigenvalue weighted by Crippen LogP contribution is -1.88. The number of aryl methyl sites for hydroxylation is 1. The molecule has 0 N–H and O–H groups in total. The first-order valence-corrected chi connectivity index (χ1v) is 10.0. The normalized spacial score (nSPS) is 11.9. The summed E-state index contributed by atoms with van der Waals surface area (Å²) in [6.07, 6.45) is 0. The second kappa shape index (κ2) is 5.45. The van der Waals surface area contributed by atoms with Crippen LogP contribution in [-0.4, -0.2) is 4.57 Å². The fourth-order valence-electron chi connectivity index (χ4n) is 4.42. The Morgan fingerprint density at radius 2 is 1.37 bits per heavy atom. The van der Waals surface area contributed by atoms with Crippen LogP contribution in [0.2, 0.25) is 0 Å². The maximum atomic E-state index is 2.39. The SMILES string of the molecule is Cn1c2ccccc2c2c(-c3ccccc3)cc3sc4ccccc4c3c21. The van der Waals surface area contributed by atoms with Crippen molar-refractivity contribution >= 4 is 53.3 Å². The minimum absolute atomic E-state index is 1.28. The van der Waals surface area contributed by atoms with E-state index < -0.39 is 0 Å². The van der Waals surface area contributed by atoms with Gasteiger partial charge in [0.2, 0.25) is 0 Å². The van der Waals surface area contributed by atoms with Crippen LogP contribution < -0.4 is 0 Å². The van der Waals surface area contributed by atoms with E-state index in [9.17, 15) is 0 Å². The van der Waals surface area contributed by atoms with Crippen LogP contribution in [0.25, 0.3) is 53.1 Å². The molecule has 0 spiro atoms. The molecule has 6 aromatic rings. The number of hydrogen-bond acceptors (Lipinski definition) is 1. The Labute approximate surface area is 161 Å². The van der Waals surface area contributed by atoms with E-state index in [0.717, 1.165) is 0 Å². The molecule has 27 heavy (non-hydrogen) atoms. The highest BCUT2D eigenvalue weighted by Crippen LogP contribution is 2.45. The van der Waals surface area contributed by atoms with E-state index in [4.69, 9.17) is 0 Å². The molecule has 2 heterocycles. The molecule has 0 saturated heterocycles. The van der Waals surface area contributed by atoms with E-state index in [0.29, 0.717) is 0 Å². The molecular formula is C25H17NS. The van der Waals surface area contributed by atoms with Crippen LogP contribution in [0.1, 0.15) is 0 Å². The van der Waals surface area contributed by atoms with Crippen molar-refractivity contribution in [3.63, 3.8) is 0 Å². The van der Waals surface area contributed by atoms with Crippen molar-refractivity contribution < 1.29 is 0 Å². The number of hydrogen-bond donors (Lipinski definition) is 0. The molecule has 4 aromatic carbocycles. The number of thiophene rings is 1. The number of benzene rings is 4. The molecule has 0 aliphatic carbocycles. The minimum Gasteiger partial charge on any atom is -0.343 e. The number of rotatable bonds is 1. The average Bonchev–Trinajstić information content (AvgIpc) is 3.24. The molecule has 2 aromatic heterocycles. The van der Waals surface area contributed by atoms with Gasteiger partial charge in [0.25, 0.3) is 0 Å². The summed E-state index contributed by atoms with van der Waals surface area (Å²) in [6, 6.07) is 30.7. The molecule has 0 amide bonds. The fraction of sp³-hybridized carbons (Fsp3) is 0.0400. The first-order valence-electron chi connectivity index (χ1n) is 9.20. The van der Waals surface area contributed by atoms with Gasteiger partial charge < -0.3 is 4.57 Å². The summed E-state index contributed by atoms with van der Waals surface area (Å²) in [4.78, 5) is 0. The van der Waals surface area contributed by atoms with Crippen molar-refractivity contribution in [3.05, 3.63) is 84.9 Å². The second-order valence-corrected chi connectivity index (χ2v) is 8.15. The van der Waals surface area contributed by atoms with Gasteiger partial charge in [-0.15, -0.1) is 11.3 Å². The highest BCUT2D eigenvalue weighted by atomic mass is 32.1. The van der Waals surface area contributed by atoms with E-state index in [1.807, 2.05) is 11.3 Å². The fourth-order valence-corrected chi connectivity index (χ4v) is 5.57. The van der Waals surface area contributed by atoms with Crippen LogP contribution in [0, 0.1) is 0 Å². The second-order valence-electron chi connectivity index (χ2n) is 7.06. The predicted molar refractivity (Wildman–Crippen MR) is 119 cm³/mol. The van der Waals surface area contributed by atoms with Crippen LogP contribution in [0.4, 0.5) is 0 Å². The zero-order valence-electron chi connectivity index (χ0n) is 14.9. The van der Waals surface area contributed by atoms with Crippen LogP contribution in [0.15, 0.2) is 84.9 Å². The summed E-state index contributed by atoms with van der Waals surface area (Å²) < 4.78 is 5.08. The van der Waals surface area contributed by atoms with Crippen molar-refractivity contribution in [1.29, 1.82) is 0 Å². The van der Waals surface area contributed by atoms with Crippen LogP contribution in [-0.2, 0) is 7.05 Å². The standard InChI is InChI=1S/C25H17NS/c1-26-20-13-7-5-11-17(20)23-19(16-9-3-2-4-10-16)15-22-24(25(23)26)18-12-6-8-14-21(18)27-22/h2-15H,1H3. The zero-order chi connectivity index (χ0) is 18.0. The van der Waals surface area contributed by atoms with E-state index >= 15 is 0 Å². The van der Waals surface area contributed by atoms with E-state index in [1.165, 1.54) is 53.1 Å². The molecule has 0 aliphatic heterocycles. The Hall–Kier alpha value is -3.10. The topological polar surface area (TPSA) is 4.93 Å². The molecule has 1 nitrogen and oxygen atoms in total. The van der Waals surface area contributed by atoms with Crippen LogP contribution >= 0.6 is 11.3 Å². The lowest BCUT2D eigenvalue weighted by molar-refractivity contribution is 1.02. The van der Waals surface area contributed by atoms with Crippen molar-refractivity contribution in [2.75, 3.05) is 0 Å². The monoisotopic (exact) mass is 363 g/mol. The van der Waals surface area contributed by atoms with Gasteiger partial charge in [-0.1, -0.05) is 66.7 Å². The highest BCUT2D eigenvalue weighted by molar-refractivity contribution is 7.26. The van der Waals surface area contributed by atoms with Gasteiger partial charge in [0.15, 0.2) is 0 Å². The number of nitrogens with zero attached hydrogens (tertiary/aromatic N) is 1. The summed E-state index contributed by atoms with van der Waals surface area (Å²) in [5.74, 6) is 0. The Bertz CT molecular complexity index is 1470. The molecule has 0 atom stereocenters. The Morgan fingerprint density at radius 3 is 2.22 bits per heavy atom. The van der Waals surface area contributed by atoms with Gasteiger partial charge in [0.05, 0.1) is 5.52 Å². The first-order chi connectivity index (χ1) is 13.3. The summed E-state index contributed by atoms with van der Waals surface area (Å²) in [7, 11) is 2.20. The van der Waals surface area contributed by atoms with Crippen LogP contribution in [0.5, 0.6) is 0 Å². The summed E-state index contributed by atoms with van der Waals surface area (Å²) >= 11 is 1.89. The molecule has 0 radical (unpaired) electrons. The third-order valence-corrected chi connectivity index (χ3v) is 6.71. The van der Waals surface area contributed by atoms with Gasteiger partial charge in [-0.05, 0) is 29.3 Å². The summed E-state index contributed by atoms with van der Waals surface area (Å²) in [5.41, 5.74) is 5.22. The molecule has 0 fully saturated rings. The Balaban J connectivity index is 1.96. The average molecular weight is 363 g/mol. The third kappa shape index (κ3) is 1.99. The Kier molecular flexibility index (Phi) is 3.03. The van der Waals surface area contributed by atoms with E-state index in [-0.39, 0.29) is 0 Å². The maximum absolute atomic E-state index is 2.39.